The molecule has 0 aliphatic carbocycles. The number of phenols is 1. The van der Waals surface area contributed by atoms with Gasteiger partial charge in [0.25, 0.3) is 15.6 Å². The van der Waals surface area contributed by atoms with Crippen LogP contribution < -0.4 is 10.3 Å². The van der Waals surface area contributed by atoms with Gasteiger partial charge in [-0.25, -0.2) is 27.3 Å². The lowest BCUT2D eigenvalue weighted by molar-refractivity contribution is 0.380. The van der Waals surface area contributed by atoms with Crippen LogP contribution in [0.1, 0.15) is 16.7 Å². The van der Waals surface area contributed by atoms with Gasteiger partial charge in [-0.1, -0.05) is 23.8 Å². The summed E-state index contributed by atoms with van der Waals surface area (Å²) in [5.41, 5.74) is 2.61. The molecule has 0 saturated carbocycles. The fourth-order valence-corrected chi connectivity index (χ4v) is 5.71. The molecule has 0 fully saturated rings. The molecule has 3 heterocycles. The van der Waals surface area contributed by atoms with E-state index in [2.05, 4.69) is 15.0 Å². The van der Waals surface area contributed by atoms with Crippen molar-refractivity contribution in [3.8, 4) is 28.7 Å². The number of hydrogen-bond acceptors (Lipinski definition) is 8. The summed E-state index contributed by atoms with van der Waals surface area (Å²) in [4.78, 5) is 26.4. The fraction of sp³-hybridized carbons (Fsp3) is 0.154. The van der Waals surface area contributed by atoms with E-state index in [4.69, 9.17) is 4.74 Å². The molecule has 0 atom stereocenters. The lowest BCUT2D eigenvalue weighted by Crippen LogP contribution is -2.21. The van der Waals surface area contributed by atoms with E-state index in [0.29, 0.717) is 16.8 Å². The molecule has 0 unspecified atom stereocenters. The third kappa shape index (κ3) is 3.93. The highest BCUT2D eigenvalue weighted by Gasteiger charge is 2.27. The van der Waals surface area contributed by atoms with Gasteiger partial charge in [0, 0.05) is 23.5 Å². The number of nitrogens with zero attached hydrogens (tertiary/aromatic N) is 5. The van der Waals surface area contributed by atoms with Gasteiger partial charge in [0.05, 0.1) is 28.8 Å². The monoisotopic (exact) mass is 517 g/mol. The third-order valence-corrected chi connectivity index (χ3v) is 7.91. The van der Waals surface area contributed by atoms with Crippen molar-refractivity contribution in [3.05, 3.63) is 88.2 Å². The van der Waals surface area contributed by atoms with Gasteiger partial charge in [-0.15, -0.1) is 0 Å². The van der Waals surface area contributed by atoms with Gasteiger partial charge in [0.1, 0.15) is 12.1 Å². The highest BCUT2D eigenvalue weighted by molar-refractivity contribution is 7.90. The van der Waals surface area contributed by atoms with Crippen molar-refractivity contribution in [2.75, 3.05) is 7.11 Å². The number of aryl methyl sites for hydroxylation is 2. The van der Waals surface area contributed by atoms with Gasteiger partial charge in [-0.2, -0.15) is 0 Å². The van der Waals surface area contributed by atoms with E-state index < -0.39 is 15.6 Å². The zero-order valence-electron chi connectivity index (χ0n) is 20.5. The van der Waals surface area contributed by atoms with Crippen LogP contribution in [0.4, 0.5) is 0 Å². The summed E-state index contributed by atoms with van der Waals surface area (Å²) in [6, 6.07) is 11.2. The van der Waals surface area contributed by atoms with Gasteiger partial charge in [-0.05, 0) is 50.6 Å². The number of aromatic hydroxyl groups is 1. The largest absolute Gasteiger partial charge is 0.508 e. The Kier molecular flexibility index (Phi) is 5.79. The summed E-state index contributed by atoms with van der Waals surface area (Å²) >= 11 is 0. The molecule has 0 spiro atoms. The Morgan fingerprint density at radius 3 is 2.27 bits per heavy atom. The first kappa shape index (κ1) is 24.2. The van der Waals surface area contributed by atoms with Crippen molar-refractivity contribution in [2.45, 2.75) is 25.7 Å². The van der Waals surface area contributed by atoms with Gasteiger partial charge >= 0.3 is 6.01 Å². The topological polar surface area (TPSA) is 129 Å². The molecule has 1 N–H and O–H groups in total. The molecule has 0 aliphatic heterocycles. The normalized spacial score (nSPS) is 11.7. The average molecular weight is 518 g/mol. The number of fused-ring (bicyclic) bond motifs is 1. The minimum Gasteiger partial charge on any atom is -0.508 e. The van der Waals surface area contributed by atoms with Crippen LogP contribution in [-0.4, -0.2) is 44.1 Å². The number of ether oxygens (including phenoxy) is 1. The van der Waals surface area contributed by atoms with Crippen LogP contribution in [0.2, 0.25) is 0 Å². The highest BCUT2D eigenvalue weighted by Crippen LogP contribution is 2.31. The summed E-state index contributed by atoms with van der Waals surface area (Å²) in [6.07, 6.45) is 4.11. The Balaban J connectivity index is 1.84. The molecule has 3 aromatic heterocycles. The van der Waals surface area contributed by atoms with Crippen LogP contribution in [0.5, 0.6) is 11.8 Å². The van der Waals surface area contributed by atoms with E-state index in [9.17, 15) is 18.3 Å². The van der Waals surface area contributed by atoms with Gasteiger partial charge in [-0.3, -0.25) is 9.36 Å². The van der Waals surface area contributed by atoms with Crippen molar-refractivity contribution >= 4 is 21.1 Å². The van der Waals surface area contributed by atoms with Crippen LogP contribution in [0.15, 0.2) is 70.9 Å². The van der Waals surface area contributed by atoms with E-state index in [0.717, 1.165) is 15.1 Å². The quantitative estimate of drug-likeness (QED) is 0.375. The van der Waals surface area contributed by atoms with E-state index in [1.165, 1.54) is 48.6 Å². The van der Waals surface area contributed by atoms with E-state index in [1.807, 2.05) is 13.8 Å². The molecule has 11 heteroatoms. The Labute approximate surface area is 212 Å². The molecule has 188 valence electrons. The van der Waals surface area contributed by atoms with Crippen molar-refractivity contribution in [1.29, 1.82) is 0 Å². The van der Waals surface area contributed by atoms with Crippen LogP contribution in [0.3, 0.4) is 0 Å². The van der Waals surface area contributed by atoms with Crippen molar-refractivity contribution < 1.29 is 18.3 Å². The second-order valence-electron chi connectivity index (χ2n) is 8.60. The van der Waals surface area contributed by atoms with Gasteiger partial charge in [0.2, 0.25) is 0 Å². The summed E-state index contributed by atoms with van der Waals surface area (Å²) in [6.45, 7) is 5.37. The molecule has 0 radical (unpaired) electrons. The summed E-state index contributed by atoms with van der Waals surface area (Å²) in [5.74, 6) is 0.0307. The summed E-state index contributed by atoms with van der Waals surface area (Å²) < 4.78 is 35.1. The SMILES string of the molecule is COc1ncc(-c2cc3c(=O)n(-c4c(C)ccc(O)c4C)cnc3n2S(=O)(=O)c2ccc(C)cc2)cn1. The smallest absolute Gasteiger partial charge is 0.316 e. The minimum absolute atomic E-state index is 0.0307. The van der Waals surface area contributed by atoms with E-state index in [1.54, 1.807) is 31.2 Å². The Bertz CT molecular complexity index is 1820. The van der Waals surface area contributed by atoms with Gasteiger partial charge < -0.3 is 9.84 Å². The van der Waals surface area contributed by atoms with E-state index in [-0.39, 0.29) is 33.4 Å². The highest BCUT2D eigenvalue weighted by atomic mass is 32.2. The maximum Gasteiger partial charge on any atom is 0.316 e. The number of benzene rings is 2. The molecule has 0 amide bonds. The van der Waals surface area contributed by atoms with Crippen LogP contribution in [-0.2, 0) is 10.0 Å². The molecule has 5 rings (SSSR count). The van der Waals surface area contributed by atoms with E-state index >= 15 is 0 Å². The molecular weight excluding hydrogens is 494 g/mol. The molecule has 10 nitrogen and oxygen atoms in total. The minimum atomic E-state index is -4.17. The second kappa shape index (κ2) is 8.86. The molecule has 2 aromatic carbocycles. The fourth-order valence-electron chi connectivity index (χ4n) is 4.23. The maximum absolute atomic E-state index is 13.9. The summed E-state index contributed by atoms with van der Waals surface area (Å²) in [5, 5.41) is 10.3. The standard InChI is InChI=1S/C26H23N5O5S/c1-15-5-8-19(9-6-15)37(34,35)31-21(18-12-27-26(36-4)28-13-18)11-20-24(31)29-14-30(25(20)33)23-16(2)7-10-22(32)17(23)3/h5-14,32H,1-4H3. The number of hydrogen-bond donors (Lipinski definition) is 1. The van der Waals surface area contributed by atoms with Crippen LogP contribution >= 0.6 is 0 Å². The predicted molar refractivity (Wildman–Crippen MR) is 138 cm³/mol. The number of rotatable bonds is 5. The van der Waals surface area contributed by atoms with Crippen molar-refractivity contribution in [1.82, 2.24) is 23.5 Å². The Hall–Kier alpha value is -4.51. The summed E-state index contributed by atoms with van der Waals surface area (Å²) in [7, 11) is -2.75. The maximum atomic E-state index is 13.9. The number of phenolic OH excluding ortho intramolecular Hbond substituents is 1. The molecule has 0 bridgehead atoms. The average Bonchev–Trinajstić information content (AvgIpc) is 3.29. The molecule has 37 heavy (non-hydrogen) atoms. The second-order valence-corrected chi connectivity index (χ2v) is 10.4. The van der Waals surface area contributed by atoms with Crippen LogP contribution in [0.25, 0.3) is 28.0 Å². The third-order valence-electron chi connectivity index (χ3n) is 6.19. The molecule has 0 saturated heterocycles. The van der Waals surface area contributed by atoms with Crippen LogP contribution in [0, 0.1) is 20.8 Å². The van der Waals surface area contributed by atoms with Crippen molar-refractivity contribution in [3.63, 3.8) is 0 Å². The van der Waals surface area contributed by atoms with Crippen molar-refractivity contribution in [2.24, 2.45) is 0 Å². The molecular formula is C26H23N5O5S. The Morgan fingerprint density at radius 2 is 1.62 bits per heavy atom. The first-order valence-corrected chi connectivity index (χ1v) is 12.7. The number of aromatic nitrogens is 5. The number of methoxy groups -OCH3 is 1. The molecule has 0 aliphatic rings. The first-order valence-electron chi connectivity index (χ1n) is 11.2. The molecule has 5 aromatic rings. The van der Waals surface area contributed by atoms with Gasteiger partial charge in [0.15, 0.2) is 5.65 Å². The Morgan fingerprint density at radius 1 is 0.946 bits per heavy atom. The lowest BCUT2D eigenvalue weighted by Gasteiger charge is -2.14. The lowest BCUT2D eigenvalue weighted by atomic mass is 10.1. The first-order chi connectivity index (χ1) is 17.6. The predicted octanol–water partition coefficient (Wildman–Crippen LogP) is 3.52. The zero-order chi connectivity index (χ0) is 26.5. The zero-order valence-corrected chi connectivity index (χ0v) is 21.3.